The summed E-state index contributed by atoms with van der Waals surface area (Å²) in [6, 6.07) is 6.78. The van der Waals surface area contributed by atoms with Crippen molar-refractivity contribution in [1.82, 2.24) is 0 Å². The van der Waals surface area contributed by atoms with E-state index >= 15 is 0 Å². The molecule has 1 aliphatic rings. The predicted molar refractivity (Wildman–Crippen MR) is 93.4 cm³/mol. The lowest BCUT2D eigenvalue weighted by Gasteiger charge is -2.28. The van der Waals surface area contributed by atoms with E-state index in [2.05, 4.69) is 0 Å². The number of esters is 1. The lowest BCUT2D eigenvalue weighted by molar-refractivity contribution is -0.142. The molecule has 1 saturated heterocycles. The monoisotopic (exact) mass is 369 g/mol. The SMILES string of the molecule is CCOC(=O)CN(C(=O)C1CCS(=O)(=O)CC1)c1ccc(OC)cc1. The summed E-state index contributed by atoms with van der Waals surface area (Å²) in [4.78, 5) is 26.2. The van der Waals surface area contributed by atoms with Gasteiger partial charge in [0.15, 0.2) is 0 Å². The Kier molecular flexibility index (Phi) is 6.41. The molecule has 8 heteroatoms. The van der Waals surface area contributed by atoms with Gasteiger partial charge in [-0.25, -0.2) is 8.42 Å². The van der Waals surface area contributed by atoms with Crippen LogP contribution in [0.1, 0.15) is 19.8 Å². The first-order valence-corrected chi connectivity index (χ1v) is 10.00. The first-order chi connectivity index (χ1) is 11.9. The summed E-state index contributed by atoms with van der Waals surface area (Å²) in [6.45, 7) is 1.72. The van der Waals surface area contributed by atoms with Gasteiger partial charge in [-0.15, -0.1) is 0 Å². The number of hydrogen-bond acceptors (Lipinski definition) is 6. The molecule has 0 atom stereocenters. The minimum Gasteiger partial charge on any atom is -0.497 e. The van der Waals surface area contributed by atoms with Crippen molar-refractivity contribution in [3.8, 4) is 5.75 Å². The molecule has 1 fully saturated rings. The van der Waals surface area contributed by atoms with Gasteiger partial charge in [-0.05, 0) is 44.0 Å². The van der Waals surface area contributed by atoms with E-state index in [1.165, 1.54) is 4.90 Å². The molecule has 0 radical (unpaired) electrons. The van der Waals surface area contributed by atoms with E-state index in [0.717, 1.165) is 0 Å². The third-order valence-corrected chi connectivity index (χ3v) is 5.86. The van der Waals surface area contributed by atoms with Gasteiger partial charge >= 0.3 is 5.97 Å². The van der Waals surface area contributed by atoms with Gasteiger partial charge in [0.2, 0.25) is 5.91 Å². The Morgan fingerprint density at radius 3 is 2.28 bits per heavy atom. The van der Waals surface area contributed by atoms with Crippen molar-refractivity contribution in [2.75, 3.05) is 36.7 Å². The lowest BCUT2D eigenvalue weighted by atomic mass is 10.0. The standard InChI is InChI=1S/C17H23NO6S/c1-3-24-16(19)12-18(14-4-6-15(23-2)7-5-14)17(20)13-8-10-25(21,22)11-9-13/h4-7,13H,3,8-12H2,1-2H3. The minimum absolute atomic E-state index is 0.000729. The molecule has 1 heterocycles. The molecule has 7 nitrogen and oxygen atoms in total. The Morgan fingerprint density at radius 2 is 1.76 bits per heavy atom. The van der Waals surface area contributed by atoms with Crippen LogP contribution in [0.3, 0.4) is 0 Å². The molecule has 1 aliphatic heterocycles. The van der Waals surface area contributed by atoms with Gasteiger partial charge in [-0.3, -0.25) is 9.59 Å². The average molecular weight is 369 g/mol. The van der Waals surface area contributed by atoms with Gasteiger partial charge in [-0.1, -0.05) is 0 Å². The summed E-state index contributed by atoms with van der Waals surface area (Å²) < 4.78 is 33.2. The zero-order valence-corrected chi connectivity index (χ0v) is 15.3. The highest BCUT2D eigenvalue weighted by molar-refractivity contribution is 7.91. The second kappa shape index (κ2) is 8.33. The molecule has 0 aromatic heterocycles. The van der Waals surface area contributed by atoms with Gasteiger partial charge < -0.3 is 14.4 Å². The van der Waals surface area contributed by atoms with Gasteiger partial charge in [-0.2, -0.15) is 0 Å². The Morgan fingerprint density at radius 1 is 1.16 bits per heavy atom. The number of rotatable bonds is 6. The number of carbonyl (C=O) groups excluding carboxylic acids is 2. The molecule has 1 amide bonds. The molecule has 0 saturated carbocycles. The summed E-state index contributed by atoms with van der Waals surface area (Å²) >= 11 is 0. The molecule has 0 spiro atoms. The van der Waals surface area contributed by atoms with Crippen LogP contribution in [0.15, 0.2) is 24.3 Å². The van der Waals surface area contributed by atoms with Crippen molar-refractivity contribution in [2.24, 2.45) is 5.92 Å². The van der Waals surface area contributed by atoms with Crippen molar-refractivity contribution in [2.45, 2.75) is 19.8 Å². The number of anilines is 1. The number of sulfone groups is 1. The lowest BCUT2D eigenvalue weighted by Crippen LogP contribution is -2.42. The van der Waals surface area contributed by atoms with E-state index in [9.17, 15) is 18.0 Å². The maximum Gasteiger partial charge on any atom is 0.326 e. The van der Waals surface area contributed by atoms with Crippen molar-refractivity contribution >= 4 is 27.4 Å². The number of hydrogen-bond donors (Lipinski definition) is 0. The van der Waals surface area contributed by atoms with Crippen molar-refractivity contribution in [1.29, 1.82) is 0 Å². The fourth-order valence-corrected chi connectivity index (χ4v) is 4.24. The molecule has 0 aliphatic carbocycles. The Labute approximate surface area is 147 Å². The van der Waals surface area contributed by atoms with Crippen molar-refractivity contribution in [3.05, 3.63) is 24.3 Å². The fraction of sp³-hybridized carbons (Fsp3) is 0.529. The van der Waals surface area contributed by atoms with Crippen molar-refractivity contribution in [3.63, 3.8) is 0 Å². The molecule has 138 valence electrons. The van der Waals surface area contributed by atoms with Gasteiger partial charge in [0.05, 0.1) is 25.2 Å². The Bertz CT molecular complexity index is 699. The molecule has 1 aromatic rings. The smallest absolute Gasteiger partial charge is 0.326 e. The van der Waals surface area contributed by atoms with E-state index < -0.39 is 21.7 Å². The summed E-state index contributed by atoms with van der Waals surface area (Å²) in [6.07, 6.45) is 0.549. The highest BCUT2D eigenvalue weighted by Crippen LogP contribution is 2.26. The van der Waals surface area contributed by atoms with Crippen LogP contribution in [0.5, 0.6) is 5.75 Å². The van der Waals surface area contributed by atoms with E-state index in [1.54, 1.807) is 38.3 Å². The van der Waals surface area contributed by atoms with Crippen LogP contribution in [-0.2, 0) is 24.2 Å². The van der Waals surface area contributed by atoms with E-state index in [1.807, 2.05) is 0 Å². The zero-order valence-electron chi connectivity index (χ0n) is 14.4. The summed E-state index contributed by atoms with van der Waals surface area (Å²) in [5, 5.41) is 0. The van der Waals surface area contributed by atoms with Crippen LogP contribution in [0, 0.1) is 5.92 Å². The van der Waals surface area contributed by atoms with Crippen LogP contribution in [0.2, 0.25) is 0 Å². The largest absolute Gasteiger partial charge is 0.497 e. The van der Waals surface area contributed by atoms with Crippen LogP contribution in [0.25, 0.3) is 0 Å². The van der Waals surface area contributed by atoms with Gasteiger partial charge in [0, 0.05) is 11.6 Å². The van der Waals surface area contributed by atoms with Gasteiger partial charge in [0.1, 0.15) is 22.1 Å². The maximum atomic E-state index is 12.9. The number of methoxy groups -OCH3 is 1. The third-order valence-electron chi connectivity index (χ3n) is 4.15. The summed E-state index contributed by atoms with van der Waals surface area (Å²) in [5.41, 5.74) is 0.548. The van der Waals surface area contributed by atoms with Crippen LogP contribution >= 0.6 is 0 Å². The Hall–Kier alpha value is -2.09. The molecular weight excluding hydrogens is 346 g/mol. The zero-order chi connectivity index (χ0) is 18.4. The van der Waals surface area contributed by atoms with Gasteiger partial charge in [0.25, 0.3) is 0 Å². The molecule has 25 heavy (non-hydrogen) atoms. The highest BCUT2D eigenvalue weighted by atomic mass is 32.2. The summed E-state index contributed by atoms with van der Waals surface area (Å²) in [5.74, 6) is -0.544. The number of benzene rings is 1. The second-order valence-corrected chi connectivity index (χ2v) is 8.16. The predicted octanol–water partition coefficient (Wildman–Crippen LogP) is 1.42. The molecule has 0 bridgehead atoms. The van der Waals surface area contributed by atoms with Crippen LogP contribution < -0.4 is 9.64 Å². The quantitative estimate of drug-likeness (QED) is 0.705. The minimum atomic E-state index is -3.06. The first-order valence-electron chi connectivity index (χ1n) is 8.17. The molecule has 1 aromatic carbocycles. The Balaban J connectivity index is 2.20. The molecular formula is C17H23NO6S. The molecule has 0 unspecified atom stereocenters. The first kappa shape index (κ1) is 19.2. The topological polar surface area (TPSA) is 90.0 Å². The molecule has 0 N–H and O–H groups in total. The normalized spacial score (nSPS) is 16.9. The van der Waals surface area contributed by atoms with E-state index in [0.29, 0.717) is 11.4 Å². The fourth-order valence-electron chi connectivity index (χ4n) is 2.75. The van der Waals surface area contributed by atoms with Crippen molar-refractivity contribution < 1.29 is 27.5 Å². The van der Waals surface area contributed by atoms with Crippen LogP contribution in [-0.4, -0.2) is 52.1 Å². The summed E-state index contributed by atoms with van der Waals surface area (Å²) in [7, 11) is -1.52. The average Bonchev–Trinajstić information content (AvgIpc) is 2.59. The van der Waals surface area contributed by atoms with Crippen LogP contribution in [0.4, 0.5) is 5.69 Å². The van der Waals surface area contributed by atoms with E-state index in [4.69, 9.17) is 9.47 Å². The second-order valence-electron chi connectivity index (χ2n) is 5.85. The highest BCUT2D eigenvalue weighted by Gasteiger charge is 2.32. The number of nitrogens with zero attached hydrogens (tertiary/aromatic N) is 1. The molecule has 2 rings (SSSR count). The number of ether oxygens (including phenoxy) is 2. The third kappa shape index (κ3) is 5.19. The number of amides is 1. The van der Waals surface area contributed by atoms with E-state index in [-0.39, 0.29) is 43.4 Å². The number of carbonyl (C=O) groups is 2. The maximum absolute atomic E-state index is 12.9.